The summed E-state index contributed by atoms with van der Waals surface area (Å²) in [5.74, 6) is -0.0750. The fourth-order valence-electron chi connectivity index (χ4n) is 1.54. The maximum Gasteiger partial charge on any atom is 0.257 e. The van der Waals surface area contributed by atoms with Crippen molar-refractivity contribution in [3.8, 4) is 0 Å². The summed E-state index contributed by atoms with van der Waals surface area (Å²) in [6, 6.07) is 9.45. The quantitative estimate of drug-likeness (QED) is 0.816. The van der Waals surface area contributed by atoms with Crippen molar-refractivity contribution in [1.82, 2.24) is 4.90 Å². The molecule has 0 saturated heterocycles. The molecule has 0 aromatic heterocycles. The third-order valence-electron chi connectivity index (χ3n) is 2.34. The van der Waals surface area contributed by atoms with Gasteiger partial charge in [0.05, 0.1) is 5.57 Å². The van der Waals surface area contributed by atoms with Crippen molar-refractivity contribution in [2.45, 2.75) is 0 Å². The van der Waals surface area contributed by atoms with Gasteiger partial charge in [0.1, 0.15) is 0 Å². The molecule has 82 valence electrons. The van der Waals surface area contributed by atoms with Crippen LogP contribution in [-0.2, 0) is 4.79 Å². The zero-order chi connectivity index (χ0) is 11.4. The maximum absolute atomic E-state index is 11.9. The Labute approximate surface area is 95.1 Å². The molecular formula is C13H14N2O. The predicted molar refractivity (Wildman–Crippen MR) is 64.9 cm³/mol. The zero-order valence-corrected chi connectivity index (χ0v) is 9.18. The molecule has 3 heteroatoms. The van der Waals surface area contributed by atoms with E-state index in [0.717, 1.165) is 12.2 Å². The van der Waals surface area contributed by atoms with Crippen LogP contribution in [0.25, 0.3) is 0 Å². The number of likely N-dealkylation sites (N-methyl/N-ethyl adjacent to an activating group) is 1. The van der Waals surface area contributed by atoms with Gasteiger partial charge in [0.25, 0.3) is 5.91 Å². The lowest BCUT2D eigenvalue weighted by Crippen LogP contribution is -2.20. The van der Waals surface area contributed by atoms with E-state index in [1.807, 2.05) is 60.6 Å². The minimum atomic E-state index is -0.0750. The predicted octanol–water partition coefficient (Wildman–Crippen LogP) is 2.01. The highest BCUT2D eigenvalue weighted by atomic mass is 16.1. The topological polar surface area (TPSA) is 32.3 Å². The number of para-hydroxylation sites is 1. The minimum Gasteiger partial charge on any atom is -0.376 e. The number of nitrogens with zero attached hydrogens (tertiary/aromatic N) is 1. The maximum atomic E-state index is 11.9. The highest BCUT2D eigenvalue weighted by Gasteiger charge is 2.10. The Morgan fingerprint density at radius 2 is 2.06 bits per heavy atom. The van der Waals surface area contributed by atoms with Crippen molar-refractivity contribution in [3.63, 3.8) is 0 Å². The van der Waals surface area contributed by atoms with Crippen LogP contribution in [0.2, 0.25) is 0 Å². The average molecular weight is 214 g/mol. The van der Waals surface area contributed by atoms with E-state index in [4.69, 9.17) is 0 Å². The summed E-state index contributed by atoms with van der Waals surface area (Å²) in [4.78, 5) is 13.8. The SMILES string of the molecule is CN1C=C(C(=O)Nc2ccccc2)C=CC1. The highest BCUT2D eigenvalue weighted by Crippen LogP contribution is 2.11. The Hall–Kier alpha value is -2.03. The smallest absolute Gasteiger partial charge is 0.257 e. The second-order valence-corrected chi connectivity index (χ2v) is 3.75. The molecule has 2 rings (SSSR count). The molecule has 0 aliphatic carbocycles. The highest BCUT2D eigenvalue weighted by molar-refractivity contribution is 6.05. The summed E-state index contributed by atoms with van der Waals surface area (Å²) in [5.41, 5.74) is 1.49. The Balaban J connectivity index is 2.07. The molecule has 1 aromatic rings. The molecule has 0 spiro atoms. The molecule has 1 heterocycles. The van der Waals surface area contributed by atoms with Crippen LogP contribution in [0.1, 0.15) is 0 Å². The fourth-order valence-corrected chi connectivity index (χ4v) is 1.54. The number of nitrogens with one attached hydrogen (secondary N) is 1. The second-order valence-electron chi connectivity index (χ2n) is 3.75. The van der Waals surface area contributed by atoms with Gasteiger partial charge in [0.15, 0.2) is 0 Å². The third-order valence-corrected chi connectivity index (χ3v) is 2.34. The molecule has 0 radical (unpaired) electrons. The Kier molecular flexibility index (Phi) is 3.05. The lowest BCUT2D eigenvalue weighted by Gasteiger charge is -2.17. The van der Waals surface area contributed by atoms with E-state index in [1.54, 1.807) is 0 Å². The average Bonchev–Trinajstić information content (AvgIpc) is 2.30. The van der Waals surface area contributed by atoms with Crippen molar-refractivity contribution in [2.75, 3.05) is 18.9 Å². The van der Waals surface area contributed by atoms with Gasteiger partial charge >= 0.3 is 0 Å². The van der Waals surface area contributed by atoms with Crippen LogP contribution >= 0.6 is 0 Å². The number of hydrogen-bond donors (Lipinski definition) is 1. The molecule has 1 N–H and O–H groups in total. The summed E-state index contributed by atoms with van der Waals surface area (Å²) >= 11 is 0. The lowest BCUT2D eigenvalue weighted by atomic mass is 10.2. The first-order valence-electron chi connectivity index (χ1n) is 5.21. The molecule has 0 atom stereocenters. The summed E-state index contributed by atoms with van der Waals surface area (Å²) in [6.45, 7) is 0.849. The van der Waals surface area contributed by atoms with Crippen LogP contribution < -0.4 is 5.32 Å². The van der Waals surface area contributed by atoms with Crippen molar-refractivity contribution in [1.29, 1.82) is 0 Å². The summed E-state index contributed by atoms with van der Waals surface area (Å²) in [5, 5.41) is 2.85. The number of rotatable bonds is 2. The summed E-state index contributed by atoms with van der Waals surface area (Å²) < 4.78 is 0. The van der Waals surface area contributed by atoms with Gasteiger partial charge in [-0.3, -0.25) is 4.79 Å². The molecule has 1 aliphatic heterocycles. The van der Waals surface area contributed by atoms with Gasteiger partial charge in [-0.1, -0.05) is 30.4 Å². The number of hydrogen-bond acceptors (Lipinski definition) is 2. The monoisotopic (exact) mass is 214 g/mol. The molecule has 16 heavy (non-hydrogen) atoms. The van der Waals surface area contributed by atoms with Crippen molar-refractivity contribution < 1.29 is 4.79 Å². The molecule has 0 fully saturated rings. The first-order chi connectivity index (χ1) is 7.75. The van der Waals surface area contributed by atoms with Crippen molar-refractivity contribution in [2.24, 2.45) is 0 Å². The largest absolute Gasteiger partial charge is 0.376 e. The number of benzene rings is 1. The van der Waals surface area contributed by atoms with E-state index in [1.165, 1.54) is 0 Å². The van der Waals surface area contributed by atoms with Gasteiger partial charge < -0.3 is 10.2 Å². The van der Waals surface area contributed by atoms with Crippen LogP contribution in [0.3, 0.4) is 0 Å². The van der Waals surface area contributed by atoms with Gasteiger partial charge in [-0.25, -0.2) is 0 Å². The summed E-state index contributed by atoms with van der Waals surface area (Å²) in [7, 11) is 1.94. The van der Waals surface area contributed by atoms with Gasteiger partial charge in [0.2, 0.25) is 0 Å². The lowest BCUT2D eigenvalue weighted by molar-refractivity contribution is -0.112. The molecule has 3 nitrogen and oxygen atoms in total. The van der Waals surface area contributed by atoms with Crippen LogP contribution in [-0.4, -0.2) is 24.4 Å². The van der Waals surface area contributed by atoms with Crippen molar-refractivity contribution >= 4 is 11.6 Å². The van der Waals surface area contributed by atoms with E-state index in [0.29, 0.717) is 5.57 Å². The van der Waals surface area contributed by atoms with E-state index in [-0.39, 0.29) is 5.91 Å². The normalized spacial score (nSPS) is 14.6. The molecule has 1 aromatic carbocycles. The molecule has 1 amide bonds. The summed E-state index contributed by atoms with van der Waals surface area (Å²) in [6.07, 6.45) is 5.66. The number of amides is 1. The molecule has 1 aliphatic rings. The standard InChI is InChI=1S/C13H14N2O/c1-15-9-5-6-11(10-15)13(16)14-12-7-3-2-4-8-12/h2-8,10H,9H2,1H3,(H,14,16). The van der Waals surface area contributed by atoms with E-state index < -0.39 is 0 Å². The molecule has 0 bridgehead atoms. The van der Waals surface area contributed by atoms with Crippen molar-refractivity contribution in [3.05, 3.63) is 54.3 Å². The van der Waals surface area contributed by atoms with Crippen LogP contribution in [0.5, 0.6) is 0 Å². The number of anilines is 1. The number of carbonyl (C=O) groups excluding carboxylic acids is 1. The number of carbonyl (C=O) groups is 1. The van der Waals surface area contributed by atoms with Gasteiger partial charge in [-0.05, 0) is 12.1 Å². The third kappa shape index (κ3) is 2.51. The van der Waals surface area contributed by atoms with Crippen LogP contribution in [0.15, 0.2) is 54.3 Å². The van der Waals surface area contributed by atoms with Gasteiger partial charge in [0, 0.05) is 25.5 Å². The van der Waals surface area contributed by atoms with E-state index in [2.05, 4.69) is 5.32 Å². The van der Waals surface area contributed by atoms with Gasteiger partial charge in [-0.15, -0.1) is 0 Å². The molecule has 0 saturated carbocycles. The fraction of sp³-hybridized carbons (Fsp3) is 0.154. The first kappa shape index (κ1) is 10.5. The first-order valence-corrected chi connectivity index (χ1v) is 5.21. The zero-order valence-electron chi connectivity index (χ0n) is 9.18. The van der Waals surface area contributed by atoms with Crippen LogP contribution in [0, 0.1) is 0 Å². The second kappa shape index (κ2) is 4.66. The molecular weight excluding hydrogens is 200 g/mol. The Bertz CT molecular complexity index is 435. The van der Waals surface area contributed by atoms with E-state index >= 15 is 0 Å². The molecule has 0 unspecified atom stereocenters. The Morgan fingerprint density at radius 1 is 1.31 bits per heavy atom. The van der Waals surface area contributed by atoms with Crippen LogP contribution in [0.4, 0.5) is 5.69 Å². The van der Waals surface area contributed by atoms with Gasteiger partial charge in [-0.2, -0.15) is 0 Å². The van der Waals surface area contributed by atoms with E-state index in [9.17, 15) is 4.79 Å². The Morgan fingerprint density at radius 3 is 2.75 bits per heavy atom. The minimum absolute atomic E-state index is 0.0750.